The Balaban J connectivity index is 1.31. The van der Waals surface area contributed by atoms with Gasteiger partial charge in [0.25, 0.3) is 0 Å². The molecule has 1 aromatic carbocycles. The fourth-order valence-corrected chi connectivity index (χ4v) is 3.74. The van der Waals surface area contributed by atoms with Gasteiger partial charge < -0.3 is 15.1 Å². The molecule has 26 heavy (non-hydrogen) atoms. The van der Waals surface area contributed by atoms with Crippen LogP contribution in [0.25, 0.3) is 0 Å². The second kappa shape index (κ2) is 9.48. The van der Waals surface area contributed by atoms with Crippen LogP contribution >= 0.6 is 11.8 Å². The van der Waals surface area contributed by atoms with E-state index in [2.05, 4.69) is 46.4 Å². The summed E-state index contributed by atoms with van der Waals surface area (Å²) in [5.41, 5.74) is 1.28. The molecule has 0 saturated carbocycles. The number of pyridine rings is 1. The van der Waals surface area contributed by atoms with E-state index in [1.165, 1.54) is 10.5 Å². The molecule has 1 N–H and O–H groups in total. The van der Waals surface area contributed by atoms with Crippen molar-refractivity contribution in [2.45, 2.75) is 18.2 Å². The van der Waals surface area contributed by atoms with Crippen LogP contribution in [-0.2, 0) is 0 Å². The first-order valence-corrected chi connectivity index (χ1v) is 10.1. The number of piperazine rings is 1. The number of aromatic nitrogens is 1. The Morgan fingerprint density at radius 1 is 1.12 bits per heavy atom. The second-order valence-electron chi connectivity index (χ2n) is 6.41. The summed E-state index contributed by atoms with van der Waals surface area (Å²) in [5.74, 6) is 2.00. The minimum atomic E-state index is 0.0472. The number of carbonyl (C=O) groups excluding carboxylic acids is 1. The molecule has 6 heteroatoms. The molecule has 2 heterocycles. The van der Waals surface area contributed by atoms with Crippen LogP contribution in [0.2, 0.25) is 0 Å². The van der Waals surface area contributed by atoms with Crippen LogP contribution in [0.4, 0.5) is 10.6 Å². The molecule has 1 saturated heterocycles. The highest BCUT2D eigenvalue weighted by Crippen LogP contribution is 2.18. The van der Waals surface area contributed by atoms with Gasteiger partial charge >= 0.3 is 6.03 Å². The number of nitrogens with one attached hydrogen (secondary N) is 1. The Morgan fingerprint density at radius 2 is 1.88 bits per heavy atom. The lowest BCUT2D eigenvalue weighted by Crippen LogP contribution is -2.52. The first-order valence-electron chi connectivity index (χ1n) is 9.10. The van der Waals surface area contributed by atoms with Gasteiger partial charge in [0.1, 0.15) is 5.82 Å². The number of anilines is 1. The lowest BCUT2D eigenvalue weighted by atomic mass is 10.2. The summed E-state index contributed by atoms with van der Waals surface area (Å²) in [6.45, 7) is 5.95. The number of carbonyl (C=O) groups is 1. The summed E-state index contributed by atoms with van der Waals surface area (Å²) in [6, 6.07) is 14.6. The highest BCUT2D eigenvalue weighted by molar-refractivity contribution is 7.99. The van der Waals surface area contributed by atoms with Crippen LogP contribution in [0.15, 0.2) is 53.6 Å². The predicted molar refractivity (Wildman–Crippen MR) is 108 cm³/mol. The fraction of sp³-hybridized carbons (Fsp3) is 0.400. The van der Waals surface area contributed by atoms with Gasteiger partial charge in [-0.1, -0.05) is 23.8 Å². The molecule has 0 unspecified atom stereocenters. The number of urea groups is 1. The smallest absolute Gasteiger partial charge is 0.317 e. The van der Waals surface area contributed by atoms with Crippen LogP contribution in [0.5, 0.6) is 0 Å². The van der Waals surface area contributed by atoms with Crippen molar-refractivity contribution < 1.29 is 4.79 Å². The Labute approximate surface area is 159 Å². The number of hydrogen-bond donors (Lipinski definition) is 1. The molecule has 1 fully saturated rings. The minimum Gasteiger partial charge on any atom is -0.353 e. The summed E-state index contributed by atoms with van der Waals surface area (Å²) < 4.78 is 0. The number of thioether (sulfide) groups is 1. The average molecular weight is 371 g/mol. The molecule has 1 aromatic heterocycles. The molecule has 0 aliphatic carbocycles. The van der Waals surface area contributed by atoms with Gasteiger partial charge in [-0.15, -0.1) is 11.8 Å². The summed E-state index contributed by atoms with van der Waals surface area (Å²) in [6.07, 6.45) is 2.78. The molecule has 0 atom stereocenters. The van der Waals surface area contributed by atoms with Gasteiger partial charge in [0.15, 0.2) is 0 Å². The van der Waals surface area contributed by atoms with Crippen LogP contribution in [0.3, 0.4) is 0 Å². The maximum Gasteiger partial charge on any atom is 0.317 e. The first kappa shape index (κ1) is 18.6. The maximum absolute atomic E-state index is 12.3. The monoisotopic (exact) mass is 370 g/mol. The molecule has 2 amide bonds. The van der Waals surface area contributed by atoms with Gasteiger partial charge in [0, 0.05) is 43.8 Å². The number of amides is 2. The number of hydrogen-bond acceptors (Lipinski definition) is 4. The minimum absolute atomic E-state index is 0.0472. The van der Waals surface area contributed by atoms with E-state index in [1.807, 2.05) is 41.1 Å². The third kappa shape index (κ3) is 5.39. The van der Waals surface area contributed by atoms with Crippen molar-refractivity contribution in [2.75, 3.05) is 43.4 Å². The van der Waals surface area contributed by atoms with Gasteiger partial charge in [-0.3, -0.25) is 0 Å². The third-order valence-electron chi connectivity index (χ3n) is 4.43. The Bertz CT molecular complexity index is 685. The number of benzene rings is 1. The predicted octanol–water partition coefficient (Wildman–Crippen LogP) is 3.40. The molecule has 2 aromatic rings. The van der Waals surface area contributed by atoms with Crippen molar-refractivity contribution in [3.8, 4) is 0 Å². The Morgan fingerprint density at radius 3 is 2.58 bits per heavy atom. The molecule has 0 radical (unpaired) electrons. The number of nitrogens with zero attached hydrogens (tertiary/aromatic N) is 3. The molecule has 138 valence electrons. The number of rotatable bonds is 6. The van der Waals surface area contributed by atoms with Crippen molar-refractivity contribution in [3.05, 3.63) is 54.2 Å². The molecule has 0 bridgehead atoms. The quantitative estimate of drug-likeness (QED) is 0.625. The van der Waals surface area contributed by atoms with E-state index in [0.29, 0.717) is 0 Å². The highest BCUT2D eigenvalue weighted by atomic mass is 32.2. The first-order chi connectivity index (χ1) is 12.7. The zero-order chi connectivity index (χ0) is 18.2. The molecule has 5 nitrogen and oxygen atoms in total. The molecule has 1 aliphatic heterocycles. The van der Waals surface area contributed by atoms with Crippen LogP contribution < -0.4 is 10.2 Å². The summed E-state index contributed by atoms with van der Waals surface area (Å²) in [4.78, 5) is 22.1. The standard InChI is InChI=1S/C20H26N4OS/c1-17-6-8-18(9-7-17)26-16-4-11-22-20(25)24-14-12-23(13-15-24)19-5-2-3-10-21-19/h2-3,5-10H,4,11-16H2,1H3,(H,22,25). The Kier molecular flexibility index (Phi) is 6.77. The molecule has 3 rings (SSSR count). The van der Waals surface area contributed by atoms with E-state index in [0.717, 1.165) is 50.7 Å². The lowest BCUT2D eigenvalue weighted by molar-refractivity contribution is 0.194. The van der Waals surface area contributed by atoms with Crippen LogP contribution in [0.1, 0.15) is 12.0 Å². The average Bonchev–Trinajstić information content (AvgIpc) is 2.70. The van der Waals surface area contributed by atoms with Gasteiger partial charge in [0.05, 0.1) is 0 Å². The summed E-state index contributed by atoms with van der Waals surface area (Å²) in [7, 11) is 0. The van der Waals surface area contributed by atoms with E-state index in [1.54, 1.807) is 0 Å². The lowest BCUT2D eigenvalue weighted by Gasteiger charge is -2.35. The van der Waals surface area contributed by atoms with Gasteiger partial charge in [-0.25, -0.2) is 9.78 Å². The molecule has 1 aliphatic rings. The second-order valence-corrected chi connectivity index (χ2v) is 7.58. The van der Waals surface area contributed by atoms with Crippen molar-refractivity contribution in [1.82, 2.24) is 15.2 Å². The van der Waals surface area contributed by atoms with Gasteiger partial charge in [-0.05, 0) is 43.4 Å². The number of aryl methyl sites for hydroxylation is 1. The van der Waals surface area contributed by atoms with Gasteiger partial charge in [-0.2, -0.15) is 0 Å². The largest absolute Gasteiger partial charge is 0.353 e. The Hall–Kier alpha value is -2.21. The van der Waals surface area contributed by atoms with Crippen molar-refractivity contribution in [2.24, 2.45) is 0 Å². The SMILES string of the molecule is Cc1ccc(SCCCNC(=O)N2CCN(c3ccccn3)CC2)cc1. The molecular formula is C20H26N4OS. The summed E-state index contributed by atoms with van der Waals surface area (Å²) in [5, 5.41) is 3.04. The van der Waals surface area contributed by atoms with Gasteiger partial charge in [0.2, 0.25) is 0 Å². The van der Waals surface area contributed by atoms with E-state index in [-0.39, 0.29) is 6.03 Å². The maximum atomic E-state index is 12.3. The normalized spacial score (nSPS) is 14.3. The zero-order valence-corrected chi connectivity index (χ0v) is 16.0. The zero-order valence-electron chi connectivity index (χ0n) is 15.2. The van der Waals surface area contributed by atoms with E-state index in [4.69, 9.17) is 0 Å². The van der Waals surface area contributed by atoms with Crippen molar-refractivity contribution in [3.63, 3.8) is 0 Å². The third-order valence-corrected chi connectivity index (χ3v) is 5.53. The van der Waals surface area contributed by atoms with E-state index < -0.39 is 0 Å². The van der Waals surface area contributed by atoms with E-state index >= 15 is 0 Å². The highest BCUT2D eigenvalue weighted by Gasteiger charge is 2.21. The van der Waals surface area contributed by atoms with E-state index in [9.17, 15) is 4.79 Å². The molecular weight excluding hydrogens is 344 g/mol. The molecule has 0 spiro atoms. The summed E-state index contributed by atoms with van der Waals surface area (Å²) >= 11 is 1.84. The van der Waals surface area contributed by atoms with Crippen LogP contribution in [0, 0.1) is 6.92 Å². The topological polar surface area (TPSA) is 48.5 Å². The van der Waals surface area contributed by atoms with Crippen molar-refractivity contribution >= 4 is 23.6 Å². The van der Waals surface area contributed by atoms with Crippen molar-refractivity contribution in [1.29, 1.82) is 0 Å². The van der Waals surface area contributed by atoms with Crippen LogP contribution in [-0.4, -0.2) is 54.4 Å². The fourth-order valence-electron chi connectivity index (χ4n) is 2.88.